The van der Waals surface area contributed by atoms with Gasteiger partial charge in [-0.25, -0.2) is 4.79 Å². The van der Waals surface area contributed by atoms with Crippen LogP contribution in [0.4, 0.5) is 4.79 Å². The monoisotopic (exact) mass is 365 g/mol. The number of benzene rings is 2. The molecule has 0 atom stereocenters. The second-order valence-corrected chi connectivity index (χ2v) is 7.23. The predicted octanol–water partition coefficient (Wildman–Crippen LogP) is 3.46. The molecular formula is C22H27N3O2. The maximum atomic E-state index is 13.2. The maximum absolute atomic E-state index is 13.2. The molecule has 0 aromatic heterocycles. The molecule has 3 rings (SSSR count). The molecule has 0 spiro atoms. The molecule has 0 radical (unpaired) electrons. The smallest absolute Gasteiger partial charge is 0.315 e. The van der Waals surface area contributed by atoms with Gasteiger partial charge in [0.2, 0.25) is 5.91 Å². The van der Waals surface area contributed by atoms with E-state index in [9.17, 15) is 9.59 Å². The van der Waals surface area contributed by atoms with Crippen LogP contribution in [-0.4, -0.2) is 29.4 Å². The van der Waals surface area contributed by atoms with E-state index in [4.69, 9.17) is 0 Å². The Morgan fingerprint density at radius 2 is 1.48 bits per heavy atom. The number of hydrogen-bond donors (Lipinski definition) is 2. The normalized spacial score (nSPS) is 15.1. The van der Waals surface area contributed by atoms with Crippen molar-refractivity contribution in [3.63, 3.8) is 0 Å². The fourth-order valence-electron chi connectivity index (χ4n) is 3.71. The first kappa shape index (κ1) is 19.0. The van der Waals surface area contributed by atoms with E-state index in [0.29, 0.717) is 25.9 Å². The van der Waals surface area contributed by atoms with Gasteiger partial charge in [0.05, 0.1) is 0 Å². The highest BCUT2D eigenvalue weighted by Crippen LogP contribution is 2.31. The van der Waals surface area contributed by atoms with E-state index >= 15 is 0 Å². The lowest BCUT2D eigenvalue weighted by Gasteiger charge is -2.33. The van der Waals surface area contributed by atoms with Crippen molar-refractivity contribution in [3.05, 3.63) is 71.8 Å². The first-order valence-corrected chi connectivity index (χ1v) is 9.48. The van der Waals surface area contributed by atoms with Gasteiger partial charge in [0.25, 0.3) is 0 Å². The minimum Gasteiger partial charge on any atom is -0.339 e. The molecule has 142 valence electrons. The number of rotatable bonds is 6. The van der Waals surface area contributed by atoms with Crippen molar-refractivity contribution in [2.45, 2.75) is 44.3 Å². The van der Waals surface area contributed by atoms with Crippen LogP contribution in [0.3, 0.4) is 0 Å². The minimum absolute atomic E-state index is 0.0151. The summed E-state index contributed by atoms with van der Waals surface area (Å²) in [5.41, 5.74) is 1.31. The van der Waals surface area contributed by atoms with Crippen LogP contribution in [0.2, 0.25) is 0 Å². The molecule has 1 fully saturated rings. The molecule has 0 aliphatic heterocycles. The Morgan fingerprint density at radius 1 is 0.926 bits per heavy atom. The lowest BCUT2D eigenvalue weighted by atomic mass is 9.95. The van der Waals surface area contributed by atoms with Crippen molar-refractivity contribution < 1.29 is 9.59 Å². The number of urea groups is 1. The van der Waals surface area contributed by atoms with Crippen LogP contribution in [0.25, 0.3) is 0 Å². The quantitative estimate of drug-likeness (QED) is 0.824. The molecule has 2 aromatic rings. The summed E-state index contributed by atoms with van der Waals surface area (Å²) in [5, 5.41) is 5.86. The summed E-state index contributed by atoms with van der Waals surface area (Å²) in [6, 6.07) is 19.4. The fourth-order valence-corrected chi connectivity index (χ4v) is 3.71. The lowest BCUT2D eigenvalue weighted by molar-refractivity contribution is -0.137. The van der Waals surface area contributed by atoms with E-state index in [1.165, 1.54) is 0 Å². The van der Waals surface area contributed by atoms with Crippen LogP contribution in [0.5, 0.6) is 0 Å². The van der Waals surface area contributed by atoms with E-state index in [-0.39, 0.29) is 11.9 Å². The van der Waals surface area contributed by atoms with Crippen molar-refractivity contribution in [1.29, 1.82) is 0 Å². The van der Waals surface area contributed by atoms with Gasteiger partial charge in [0, 0.05) is 20.1 Å². The second-order valence-electron chi connectivity index (χ2n) is 7.23. The predicted molar refractivity (Wildman–Crippen MR) is 106 cm³/mol. The molecule has 1 aliphatic rings. The maximum Gasteiger partial charge on any atom is 0.315 e. The minimum atomic E-state index is -0.801. The highest BCUT2D eigenvalue weighted by atomic mass is 16.2. The SMILES string of the molecule is CN(Cc1ccccc1)C(=O)C1(NC(=O)NCc2ccccc2)CCCC1. The molecule has 27 heavy (non-hydrogen) atoms. The molecule has 0 unspecified atom stereocenters. The highest BCUT2D eigenvalue weighted by Gasteiger charge is 2.44. The molecule has 3 amide bonds. The van der Waals surface area contributed by atoms with Gasteiger partial charge in [-0.05, 0) is 24.0 Å². The Kier molecular flexibility index (Phi) is 6.12. The van der Waals surface area contributed by atoms with Gasteiger partial charge in [-0.15, -0.1) is 0 Å². The number of hydrogen-bond acceptors (Lipinski definition) is 2. The largest absolute Gasteiger partial charge is 0.339 e. The zero-order valence-electron chi connectivity index (χ0n) is 15.8. The Balaban J connectivity index is 1.62. The van der Waals surface area contributed by atoms with E-state index in [2.05, 4.69) is 10.6 Å². The molecule has 0 saturated heterocycles. The van der Waals surface area contributed by atoms with Crippen molar-refractivity contribution >= 4 is 11.9 Å². The molecule has 0 bridgehead atoms. The summed E-state index contributed by atoms with van der Waals surface area (Å²) in [4.78, 5) is 27.4. The standard InChI is InChI=1S/C22H27N3O2/c1-25(17-19-12-6-3-7-13-19)20(26)22(14-8-9-15-22)24-21(27)23-16-18-10-4-2-5-11-18/h2-7,10-13H,8-9,14-17H2,1H3,(H2,23,24,27). The third-order valence-corrected chi connectivity index (χ3v) is 5.12. The summed E-state index contributed by atoms with van der Waals surface area (Å²) in [6.45, 7) is 0.978. The van der Waals surface area contributed by atoms with E-state index in [1.807, 2.05) is 60.7 Å². The van der Waals surface area contributed by atoms with Gasteiger partial charge in [0.1, 0.15) is 5.54 Å². The molecular weight excluding hydrogens is 338 g/mol. The number of likely N-dealkylation sites (N-methyl/N-ethyl adjacent to an activating group) is 1. The van der Waals surface area contributed by atoms with Crippen LogP contribution in [0, 0.1) is 0 Å². The van der Waals surface area contributed by atoms with Gasteiger partial charge in [-0.1, -0.05) is 73.5 Å². The summed E-state index contributed by atoms with van der Waals surface area (Å²) in [5.74, 6) is -0.0151. The van der Waals surface area contributed by atoms with Gasteiger partial charge < -0.3 is 15.5 Å². The van der Waals surface area contributed by atoms with Crippen molar-refractivity contribution in [2.75, 3.05) is 7.05 Å². The first-order valence-electron chi connectivity index (χ1n) is 9.48. The lowest BCUT2D eigenvalue weighted by Crippen LogP contribution is -2.59. The number of nitrogens with zero attached hydrogens (tertiary/aromatic N) is 1. The van der Waals surface area contributed by atoms with Gasteiger partial charge in [-0.2, -0.15) is 0 Å². The summed E-state index contributed by atoms with van der Waals surface area (Å²) < 4.78 is 0. The Labute approximate surface area is 160 Å². The molecule has 5 heteroatoms. The third-order valence-electron chi connectivity index (χ3n) is 5.12. The number of carbonyl (C=O) groups excluding carboxylic acids is 2. The molecule has 1 saturated carbocycles. The summed E-state index contributed by atoms with van der Waals surface area (Å²) >= 11 is 0. The molecule has 0 heterocycles. The Morgan fingerprint density at radius 3 is 2.07 bits per heavy atom. The van der Waals surface area contributed by atoms with E-state index in [1.54, 1.807) is 11.9 Å². The number of nitrogens with one attached hydrogen (secondary N) is 2. The highest BCUT2D eigenvalue weighted by molar-refractivity contribution is 5.91. The van der Waals surface area contributed by atoms with Gasteiger partial charge in [-0.3, -0.25) is 4.79 Å². The average molecular weight is 365 g/mol. The zero-order valence-corrected chi connectivity index (χ0v) is 15.8. The van der Waals surface area contributed by atoms with Crippen LogP contribution in [0.1, 0.15) is 36.8 Å². The summed E-state index contributed by atoms with van der Waals surface area (Å²) in [6.07, 6.45) is 3.27. The molecule has 2 N–H and O–H groups in total. The number of carbonyl (C=O) groups is 2. The van der Waals surface area contributed by atoms with E-state index in [0.717, 1.165) is 24.0 Å². The first-order chi connectivity index (χ1) is 13.1. The van der Waals surface area contributed by atoms with Crippen LogP contribution in [0.15, 0.2) is 60.7 Å². The average Bonchev–Trinajstić information content (AvgIpc) is 3.17. The molecule has 5 nitrogen and oxygen atoms in total. The third kappa shape index (κ3) is 4.88. The zero-order chi connectivity index (χ0) is 19.1. The fraction of sp³-hybridized carbons (Fsp3) is 0.364. The number of amides is 3. The van der Waals surface area contributed by atoms with Crippen LogP contribution >= 0.6 is 0 Å². The van der Waals surface area contributed by atoms with Crippen molar-refractivity contribution in [3.8, 4) is 0 Å². The van der Waals surface area contributed by atoms with Crippen molar-refractivity contribution in [1.82, 2.24) is 15.5 Å². The molecule has 1 aliphatic carbocycles. The molecule has 2 aromatic carbocycles. The second kappa shape index (κ2) is 8.71. The van der Waals surface area contributed by atoms with Crippen molar-refractivity contribution in [2.24, 2.45) is 0 Å². The van der Waals surface area contributed by atoms with Gasteiger partial charge >= 0.3 is 6.03 Å². The Bertz CT molecular complexity index is 756. The van der Waals surface area contributed by atoms with Crippen LogP contribution in [-0.2, 0) is 17.9 Å². The van der Waals surface area contributed by atoms with Gasteiger partial charge in [0.15, 0.2) is 0 Å². The Hall–Kier alpha value is -2.82. The topological polar surface area (TPSA) is 61.4 Å². The summed E-state index contributed by atoms with van der Waals surface area (Å²) in [7, 11) is 1.80. The van der Waals surface area contributed by atoms with Crippen LogP contribution < -0.4 is 10.6 Å². The van der Waals surface area contributed by atoms with E-state index < -0.39 is 5.54 Å².